The van der Waals surface area contributed by atoms with E-state index in [1.54, 1.807) is 35.1 Å². The summed E-state index contributed by atoms with van der Waals surface area (Å²) in [6, 6.07) is 8.20. The summed E-state index contributed by atoms with van der Waals surface area (Å²) in [5.74, 6) is 0. The SMILES string of the molecule is O=C(NS(=O)(=O)Nc1ccccc1)OCCBr. The lowest BCUT2D eigenvalue weighted by molar-refractivity contribution is 0.160. The van der Waals surface area contributed by atoms with Gasteiger partial charge < -0.3 is 4.74 Å². The molecule has 0 aromatic heterocycles. The van der Waals surface area contributed by atoms with Crippen LogP contribution in [0.1, 0.15) is 0 Å². The maximum Gasteiger partial charge on any atom is 0.422 e. The van der Waals surface area contributed by atoms with Crippen molar-refractivity contribution in [3.05, 3.63) is 30.3 Å². The molecule has 0 aliphatic heterocycles. The smallest absolute Gasteiger partial charge is 0.422 e. The summed E-state index contributed by atoms with van der Waals surface area (Å²) in [5, 5.41) is 0.437. The maximum atomic E-state index is 11.4. The van der Waals surface area contributed by atoms with Crippen molar-refractivity contribution >= 4 is 37.9 Å². The van der Waals surface area contributed by atoms with E-state index >= 15 is 0 Å². The lowest BCUT2D eigenvalue weighted by atomic mass is 10.3. The molecular weight excluding hydrogens is 312 g/mol. The first-order chi connectivity index (χ1) is 8.03. The largest absolute Gasteiger partial charge is 0.448 e. The van der Waals surface area contributed by atoms with Crippen LogP contribution in [-0.4, -0.2) is 26.4 Å². The molecule has 2 N–H and O–H groups in total. The van der Waals surface area contributed by atoms with Crippen LogP contribution in [0.3, 0.4) is 0 Å². The van der Waals surface area contributed by atoms with Gasteiger partial charge in [-0.05, 0) is 12.1 Å². The molecule has 1 aromatic carbocycles. The van der Waals surface area contributed by atoms with Crippen LogP contribution in [0.4, 0.5) is 10.5 Å². The molecule has 1 rings (SSSR count). The van der Waals surface area contributed by atoms with Gasteiger partial charge in [0.15, 0.2) is 0 Å². The van der Waals surface area contributed by atoms with Gasteiger partial charge in [0.2, 0.25) is 0 Å². The second kappa shape index (κ2) is 6.45. The van der Waals surface area contributed by atoms with Gasteiger partial charge in [-0.3, -0.25) is 4.72 Å². The Labute approximate surface area is 108 Å². The fourth-order valence-electron chi connectivity index (χ4n) is 0.957. The predicted octanol–water partition coefficient (Wildman–Crippen LogP) is 1.46. The number of hydrogen-bond acceptors (Lipinski definition) is 4. The van der Waals surface area contributed by atoms with E-state index in [2.05, 4.69) is 25.4 Å². The van der Waals surface area contributed by atoms with E-state index < -0.39 is 16.3 Å². The number of para-hydroxylation sites is 1. The molecule has 94 valence electrons. The number of nitrogens with one attached hydrogen (secondary N) is 2. The Morgan fingerprint density at radius 2 is 1.94 bits per heavy atom. The number of alkyl halides is 1. The van der Waals surface area contributed by atoms with E-state index in [0.717, 1.165) is 0 Å². The zero-order valence-electron chi connectivity index (χ0n) is 8.72. The molecule has 0 bridgehead atoms. The van der Waals surface area contributed by atoms with Crippen LogP contribution < -0.4 is 9.44 Å². The molecule has 1 amide bonds. The molecule has 6 nitrogen and oxygen atoms in total. The van der Waals surface area contributed by atoms with Crippen molar-refractivity contribution < 1.29 is 17.9 Å². The number of rotatable bonds is 5. The number of amides is 1. The summed E-state index contributed by atoms with van der Waals surface area (Å²) in [6.07, 6.45) is -1.02. The van der Waals surface area contributed by atoms with Crippen LogP contribution in [0, 0.1) is 0 Å². The third-order valence-electron chi connectivity index (χ3n) is 1.55. The highest BCUT2D eigenvalue weighted by Crippen LogP contribution is 2.06. The van der Waals surface area contributed by atoms with Crippen molar-refractivity contribution in [3.8, 4) is 0 Å². The number of carbonyl (C=O) groups excluding carboxylic acids is 1. The molecule has 0 spiro atoms. The van der Waals surface area contributed by atoms with Gasteiger partial charge in [0.25, 0.3) is 0 Å². The third-order valence-corrected chi connectivity index (χ3v) is 2.82. The number of benzene rings is 1. The Morgan fingerprint density at radius 1 is 1.29 bits per heavy atom. The fraction of sp³-hybridized carbons (Fsp3) is 0.222. The summed E-state index contributed by atoms with van der Waals surface area (Å²) in [7, 11) is -3.95. The molecule has 0 heterocycles. The van der Waals surface area contributed by atoms with E-state index in [1.165, 1.54) is 0 Å². The van der Waals surface area contributed by atoms with Crippen molar-refractivity contribution in [1.29, 1.82) is 0 Å². The van der Waals surface area contributed by atoms with Gasteiger partial charge in [0, 0.05) is 5.33 Å². The molecule has 0 atom stereocenters. The van der Waals surface area contributed by atoms with Gasteiger partial charge in [0.1, 0.15) is 6.61 Å². The third kappa shape index (κ3) is 5.55. The highest BCUT2D eigenvalue weighted by Gasteiger charge is 2.14. The lowest BCUT2D eigenvalue weighted by Gasteiger charge is -2.08. The first-order valence-corrected chi connectivity index (χ1v) is 7.22. The van der Waals surface area contributed by atoms with Gasteiger partial charge in [-0.2, -0.15) is 8.42 Å². The van der Waals surface area contributed by atoms with Crippen molar-refractivity contribution in [2.24, 2.45) is 0 Å². The fourth-order valence-corrected chi connectivity index (χ4v) is 1.89. The second-order valence-corrected chi connectivity index (χ2v) is 5.11. The van der Waals surface area contributed by atoms with Crippen LogP contribution >= 0.6 is 15.9 Å². The topological polar surface area (TPSA) is 84.5 Å². The van der Waals surface area contributed by atoms with Crippen LogP contribution in [0.2, 0.25) is 0 Å². The number of carbonyl (C=O) groups is 1. The Morgan fingerprint density at radius 3 is 2.53 bits per heavy atom. The van der Waals surface area contributed by atoms with Gasteiger partial charge in [0.05, 0.1) is 5.69 Å². The summed E-state index contributed by atoms with van der Waals surface area (Å²) in [6.45, 7) is 0.0900. The first-order valence-electron chi connectivity index (χ1n) is 4.62. The van der Waals surface area contributed by atoms with Crippen LogP contribution in [0.25, 0.3) is 0 Å². The van der Waals surface area contributed by atoms with Crippen molar-refractivity contribution in [1.82, 2.24) is 4.72 Å². The predicted molar refractivity (Wildman–Crippen MR) is 67.3 cm³/mol. The molecule has 1 aromatic rings. The normalized spacial score (nSPS) is 10.6. The number of ether oxygens (including phenoxy) is 1. The number of halogens is 1. The molecule has 8 heteroatoms. The standard InChI is InChI=1S/C9H11BrN2O4S/c10-6-7-16-9(13)12-17(14,15)11-8-4-2-1-3-5-8/h1-5,11H,6-7H2,(H,12,13). The molecule has 0 unspecified atom stereocenters. The minimum Gasteiger partial charge on any atom is -0.448 e. The summed E-state index contributed by atoms with van der Waals surface area (Å²) in [5.41, 5.74) is 0.355. The molecule has 0 saturated heterocycles. The molecule has 0 saturated carbocycles. The van der Waals surface area contributed by atoms with Crippen molar-refractivity contribution in [2.75, 3.05) is 16.7 Å². The number of anilines is 1. The van der Waals surface area contributed by atoms with Gasteiger partial charge in [-0.1, -0.05) is 34.1 Å². The van der Waals surface area contributed by atoms with Gasteiger partial charge >= 0.3 is 16.3 Å². The average molecular weight is 323 g/mol. The maximum absolute atomic E-state index is 11.4. The second-order valence-electron chi connectivity index (χ2n) is 2.90. The Balaban J connectivity index is 2.55. The van der Waals surface area contributed by atoms with E-state index in [0.29, 0.717) is 11.0 Å². The molecule has 0 aliphatic rings. The van der Waals surface area contributed by atoms with Crippen LogP contribution in [-0.2, 0) is 14.9 Å². The van der Waals surface area contributed by atoms with E-state index in [9.17, 15) is 13.2 Å². The highest BCUT2D eigenvalue weighted by molar-refractivity contribution is 9.09. The molecular formula is C9H11BrN2O4S. The average Bonchev–Trinajstić information content (AvgIpc) is 2.26. The van der Waals surface area contributed by atoms with E-state index in [4.69, 9.17) is 0 Å². The van der Waals surface area contributed by atoms with Crippen molar-refractivity contribution in [2.45, 2.75) is 0 Å². The Bertz CT molecular complexity index is 463. The summed E-state index contributed by atoms with van der Waals surface area (Å²) < 4.78 is 31.3. The van der Waals surface area contributed by atoms with Gasteiger partial charge in [-0.25, -0.2) is 9.52 Å². The van der Waals surface area contributed by atoms with Crippen molar-refractivity contribution in [3.63, 3.8) is 0 Å². The first kappa shape index (κ1) is 13.8. The lowest BCUT2D eigenvalue weighted by Crippen LogP contribution is -2.36. The molecule has 0 aliphatic carbocycles. The Hall–Kier alpha value is -1.28. The minimum atomic E-state index is -3.95. The molecule has 0 fully saturated rings. The van der Waals surface area contributed by atoms with Crippen LogP contribution in [0.5, 0.6) is 0 Å². The zero-order chi connectivity index (χ0) is 12.7. The minimum absolute atomic E-state index is 0.0900. The molecule has 17 heavy (non-hydrogen) atoms. The Kier molecular flexibility index (Phi) is 5.23. The highest BCUT2D eigenvalue weighted by atomic mass is 79.9. The van der Waals surface area contributed by atoms with E-state index in [-0.39, 0.29) is 6.61 Å². The monoisotopic (exact) mass is 322 g/mol. The summed E-state index contributed by atoms with van der Waals surface area (Å²) >= 11 is 3.04. The van der Waals surface area contributed by atoms with E-state index in [1.807, 2.05) is 0 Å². The quantitative estimate of drug-likeness (QED) is 0.804. The van der Waals surface area contributed by atoms with Crippen LogP contribution in [0.15, 0.2) is 30.3 Å². The molecule has 0 radical (unpaired) electrons. The van der Waals surface area contributed by atoms with Gasteiger partial charge in [-0.15, -0.1) is 0 Å². The number of hydrogen-bond donors (Lipinski definition) is 2. The zero-order valence-corrected chi connectivity index (χ0v) is 11.1. The summed E-state index contributed by atoms with van der Waals surface area (Å²) in [4.78, 5) is 11.0.